The molecule has 1 aliphatic heterocycles. The van der Waals surface area contributed by atoms with Gasteiger partial charge in [-0.15, -0.1) is 0 Å². The first-order valence-electron chi connectivity index (χ1n) is 9.80. The summed E-state index contributed by atoms with van der Waals surface area (Å²) in [6.07, 6.45) is 4.61. The minimum absolute atomic E-state index is 0.0230. The third-order valence-corrected chi connectivity index (χ3v) is 6.93. The number of imidazole rings is 1. The van der Waals surface area contributed by atoms with Gasteiger partial charge in [-0.05, 0) is 50.1 Å². The number of rotatable bonds is 5. The molecule has 1 aromatic carbocycles. The summed E-state index contributed by atoms with van der Waals surface area (Å²) in [5, 5.41) is 3.28. The van der Waals surface area contributed by atoms with Gasteiger partial charge in [0.15, 0.2) is 5.03 Å². The van der Waals surface area contributed by atoms with Crippen LogP contribution < -0.4 is 5.32 Å². The normalized spacial score (nSPS) is 17.8. The number of hydrogen-bond donors (Lipinski definition) is 1. The van der Waals surface area contributed by atoms with Crippen LogP contribution in [0.1, 0.15) is 30.1 Å². The number of halogens is 1. The van der Waals surface area contributed by atoms with Gasteiger partial charge in [0.25, 0.3) is 10.0 Å². The highest BCUT2D eigenvalue weighted by molar-refractivity contribution is 7.89. The first-order valence-corrected chi connectivity index (χ1v) is 11.2. The average Bonchev–Trinajstić information content (AvgIpc) is 3.15. The highest BCUT2D eigenvalue weighted by Gasteiger charge is 2.33. The zero-order chi connectivity index (χ0) is 21.3. The number of benzene rings is 1. The van der Waals surface area contributed by atoms with Crippen LogP contribution in [0.15, 0.2) is 53.9 Å². The van der Waals surface area contributed by atoms with Crippen LogP contribution >= 0.6 is 0 Å². The van der Waals surface area contributed by atoms with Gasteiger partial charge in [-0.25, -0.2) is 17.8 Å². The number of aromatic nitrogens is 3. The van der Waals surface area contributed by atoms with Crippen LogP contribution in [0.25, 0.3) is 0 Å². The number of nitrogens with zero attached hydrogens (tertiary/aromatic N) is 4. The van der Waals surface area contributed by atoms with Crippen LogP contribution in [-0.2, 0) is 17.1 Å². The molecule has 3 aromatic rings. The molecule has 0 bridgehead atoms. The van der Waals surface area contributed by atoms with Crippen molar-refractivity contribution in [1.82, 2.24) is 18.8 Å². The summed E-state index contributed by atoms with van der Waals surface area (Å²) in [5.74, 6) is -0.334. The van der Waals surface area contributed by atoms with E-state index in [0.29, 0.717) is 18.8 Å². The lowest BCUT2D eigenvalue weighted by Crippen LogP contribution is -2.39. The standard InChI is InChI=1S/C21H24FN5O2S/c1-15-9-19(25-18-7-3-6-17(22)10-18)11-20(24-15)16-5-4-8-27(12-16)30(28,29)21-13-26(2)14-23-21/h3,6-7,9-11,13-14,16H,4-5,8,12H2,1-2H3,(H,24,25)/t16-/m1/s1. The molecule has 4 rings (SSSR count). The summed E-state index contributed by atoms with van der Waals surface area (Å²) >= 11 is 0. The third kappa shape index (κ3) is 4.36. The Morgan fingerprint density at radius 3 is 2.77 bits per heavy atom. The molecular formula is C21H24FN5O2S. The van der Waals surface area contributed by atoms with Crippen LogP contribution in [0.5, 0.6) is 0 Å². The monoisotopic (exact) mass is 429 g/mol. The predicted octanol–water partition coefficient (Wildman–Crippen LogP) is 3.57. The first-order chi connectivity index (χ1) is 14.3. The van der Waals surface area contributed by atoms with Gasteiger partial charge >= 0.3 is 0 Å². The van der Waals surface area contributed by atoms with Gasteiger partial charge in [-0.1, -0.05) is 6.07 Å². The molecule has 1 aliphatic rings. The number of aryl methyl sites for hydroxylation is 2. The highest BCUT2D eigenvalue weighted by Crippen LogP contribution is 2.31. The number of pyridine rings is 1. The molecule has 1 saturated heterocycles. The topological polar surface area (TPSA) is 80.1 Å². The lowest BCUT2D eigenvalue weighted by atomic mass is 9.95. The molecule has 1 atom stereocenters. The van der Waals surface area contributed by atoms with Crippen molar-refractivity contribution < 1.29 is 12.8 Å². The minimum atomic E-state index is -3.64. The summed E-state index contributed by atoms with van der Waals surface area (Å²) in [7, 11) is -1.89. The van der Waals surface area contributed by atoms with Crippen molar-refractivity contribution in [1.29, 1.82) is 0 Å². The fraction of sp³-hybridized carbons (Fsp3) is 0.333. The van der Waals surface area contributed by atoms with Crippen molar-refractivity contribution in [3.05, 3.63) is 66.1 Å². The molecule has 0 aliphatic carbocycles. The van der Waals surface area contributed by atoms with Crippen molar-refractivity contribution >= 4 is 21.4 Å². The first kappa shape index (κ1) is 20.5. The predicted molar refractivity (Wildman–Crippen MR) is 113 cm³/mol. The van der Waals surface area contributed by atoms with Crippen molar-refractivity contribution in [3.8, 4) is 0 Å². The maximum Gasteiger partial charge on any atom is 0.262 e. The van der Waals surface area contributed by atoms with Gasteiger partial charge in [0.1, 0.15) is 5.82 Å². The van der Waals surface area contributed by atoms with E-state index in [1.165, 1.54) is 29.0 Å². The Labute approximate surface area is 175 Å². The molecular weight excluding hydrogens is 405 g/mol. The Morgan fingerprint density at radius 1 is 1.20 bits per heavy atom. The van der Waals surface area contributed by atoms with Crippen LogP contribution in [0.2, 0.25) is 0 Å². The lowest BCUT2D eigenvalue weighted by Gasteiger charge is -2.31. The summed E-state index contributed by atoms with van der Waals surface area (Å²) < 4.78 is 42.5. The Bertz CT molecular complexity index is 1160. The molecule has 1 N–H and O–H groups in total. The summed E-state index contributed by atoms with van der Waals surface area (Å²) in [6, 6.07) is 10.1. The molecule has 0 amide bonds. The highest BCUT2D eigenvalue weighted by atomic mass is 32.2. The molecule has 0 unspecified atom stereocenters. The summed E-state index contributed by atoms with van der Waals surface area (Å²) in [6.45, 7) is 2.72. The average molecular weight is 430 g/mol. The Balaban J connectivity index is 1.57. The van der Waals surface area contributed by atoms with Crippen LogP contribution in [0.4, 0.5) is 15.8 Å². The molecule has 9 heteroatoms. The van der Waals surface area contributed by atoms with Gasteiger partial charge in [-0.2, -0.15) is 4.31 Å². The quantitative estimate of drug-likeness (QED) is 0.671. The lowest BCUT2D eigenvalue weighted by molar-refractivity contribution is 0.312. The van der Waals surface area contributed by atoms with Gasteiger partial charge in [0, 0.05) is 55.0 Å². The van der Waals surface area contributed by atoms with Crippen LogP contribution in [0, 0.1) is 12.7 Å². The molecule has 7 nitrogen and oxygen atoms in total. The maximum absolute atomic E-state index is 13.5. The largest absolute Gasteiger partial charge is 0.355 e. The molecule has 30 heavy (non-hydrogen) atoms. The smallest absolute Gasteiger partial charge is 0.262 e. The SMILES string of the molecule is Cc1cc(Nc2cccc(F)c2)cc([C@@H]2CCCN(S(=O)(=O)c3cn(C)cn3)C2)n1. The second-order valence-electron chi connectivity index (χ2n) is 7.64. The number of piperidine rings is 1. The van der Waals surface area contributed by atoms with Crippen LogP contribution in [0.3, 0.4) is 0 Å². The minimum Gasteiger partial charge on any atom is -0.355 e. The zero-order valence-corrected chi connectivity index (χ0v) is 17.7. The van der Waals surface area contributed by atoms with E-state index in [-0.39, 0.29) is 16.8 Å². The van der Waals surface area contributed by atoms with Gasteiger partial charge in [-0.3, -0.25) is 4.98 Å². The molecule has 0 radical (unpaired) electrons. The van der Waals surface area contributed by atoms with Crippen molar-refractivity contribution in [2.45, 2.75) is 30.7 Å². The second-order valence-corrected chi connectivity index (χ2v) is 9.52. The second kappa shape index (κ2) is 8.16. The molecule has 0 saturated carbocycles. The maximum atomic E-state index is 13.5. The molecule has 2 aromatic heterocycles. The Morgan fingerprint density at radius 2 is 2.03 bits per heavy atom. The molecule has 1 fully saturated rings. The number of anilines is 2. The van der Waals surface area contributed by atoms with Gasteiger partial charge < -0.3 is 9.88 Å². The Kier molecular flexibility index (Phi) is 5.57. The van der Waals surface area contributed by atoms with Gasteiger partial charge in [0.2, 0.25) is 0 Å². The molecule has 3 heterocycles. The molecule has 0 spiro atoms. The summed E-state index contributed by atoms with van der Waals surface area (Å²) in [5.41, 5.74) is 3.09. The van der Waals surface area contributed by atoms with Crippen molar-refractivity contribution in [3.63, 3.8) is 0 Å². The van der Waals surface area contributed by atoms with E-state index in [1.54, 1.807) is 23.7 Å². The third-order valence-electron chi connectivity index (χ3n) is 5.17. The van der Waals surface area contributed by atoms with E-state index < -0.39 is 10.0 Å². The van der Waals surface area contributed by atoms with E-state index in [1.807, 2.05) is 19.1 Å². The van der Waals surface area contributed by atoms with Crippen LogP contribution in [-0.4, -0.2) is 40.3 Å². The molecule has 158 valence electrons. The summed E-state index contributed by atoms with van der Waals surface area (Å²) in [4.78, 5) is 8.67. The Hall–Kier alpha value is -2.78. The number of nitrogens with one attached hydrogen (secondary N) is 1. The number of sulfonamides is 1. The number of hydrogen-bond acceptors (Lipinski definition) is 5. The fourth-order valence-corrected chi connectivity index (χ4v) is 5.25. The van der Waals surface area contributed by atoms with E-state index in [9.17, 15) is 12.8 Å². The van der Waals surface area contributed by atoms with E-state index >= 15 is 0 Å². The van der Waals surface area contributed by atoms with Gasteiger partial charge in [0.05, 0.1) is 6.33 Å². The van der Waals surface area contributed by atoms with Crippen molar-refractivity contribution in [2.75, 3.05) is 18.4 Å². The van der Waals surface area contributed by atoms with E-state index in [0.717, 1.165) is 29.9 Å². The van der Waals surface area contributed by atoms with Crippen molar-refractivity contribution in [2.24, 2.45) is 7.05 Å². The van der Waals surface area contributed by atoms with E-state index in [4.69, 9.17) is 0 Å². The zero-order valence-electron chi connectivity index (χ0n) is 16.9. The van der Waals surface area contributed by atoms with E-state index in [2.05, 4.69) is 15.3 Å². The fourth-order valence-electron chi connectivity index (χ4n) is 3.76.